The van der Waals surface area contributed by atoms with E-state index in [4.69, 9.17) is 21.6 Å². The maximum Gasteiger partial charge on any atom is 0.235 e. The van der Waals surface area contributed by atoms with Gasteiger partial charge in [0.25, 0.3) is 0 Å². The molecule has 0 spiro atoms. The van der Waals surface area contributed by atoms with Crippen LogP contribution in [0.3, 0.4) is 0 Å². The van der Waals surface area contributed by atoms with Crippen LogP contribution in [0.4, 0.5) is 5.00 Å². The second-order valence-electron chi connectivity index (χ2n) is 6.98. The number of carbonyl (C=O) groups is 1. The van der Waals surface area contributed by atoms with Crippen molar-refractivity contribution in [2.45, 2.75) is 38.6 Å². The Bertz CT molecular complexity index is 1160. The molecule has 1 atom stereocenters. The summed E-state index contributed by atoms with van der Waals surface area (Å²) < 4.78 is 7.98. The molecule has 0 aliphatic heterocycles. The Morgan fingerprint density at radius 1 is 1.44 bits per heavy atom. The van der Waals surface area contributed by atoms with Gasteiger partial charge in [0.1, 0.15) is 16.8 Å². The number of allylic oxidation sites excluding steroid dienone is 1. The normalized spacial score (nSPS) is 11.6. The third-order valence-electron chi connectivity index (χ3n) is 4.51. The topological polar surface area (TPSA) is 92.8 Å². The van der Waals surface area contributed by atoms with E-state index in [-0.39, 0.29) is 17.8 Å². The third-order valence-corrected chi connectivity index (χ3v) is 6.91. The molecule has 1 unspecified atom stereocenters. The van der Waals surface area contributed by atoms with E-state index in [0.717, 1.165) is 16.1 Å². The van der Waals surface area contributed by atoms with E-state index in [2.05, 4.69) is 28.2 Å². The minimum Gasteiger partial charge on any atom is -0.483 e. The molecular weight excluding hydrogens is 466 g/mol. The number of benzene rings is 1. The van der Waals surface area contributed by atoms with Crippen LogP contribution in [0.15, 0.2) is 41.4 Å². The zero-order valence-corrected chi connectivity index (χ0v) is 20.3. The molecule has 7 nitrogen and oxygen atoms in total. The molecular formula is C22H22ClN5O2S2. The van der Waals surface area contributed by atoms with E-state index in [0.29, 0.717) is 33.8 Å². The number of hydrogen-bond donors (Lipinski definition) is 1. The molecule has 3 aromatic rings. The molecule has 1 aromatic carbocycles. The van der Waals surface area contributed by atoms with Crippen molar-refractivity contribution in [2.24, 2.45) is 0 Å². The summed E-state index contributed by atoms with van der Waals surface area (Å²) in [4.78, 5) is 12.3. The van der Waals surface area contributed by atoms with Crippen molar-refractivity contribution in [1.82, 2.24) is 14.8 Å². The van der Waals surface area contributed by atoms with Gasteiger partial charge in [0.05, 0.1) is 11.3 Å². The van der Waals surface area contributed by atoms with Gasteiger partial charge < -0.3 is 10.1 Å². The number of aromatic nitrogens is 3. The number of rotatable bonds is 9. The average Bonchev–Trinajstić information content (AvgIpc) is 3.37. The number of nitrogens with one attached hydrogen (secondary N) is 1. The lowest BCUT2D eigenvalue weighted by Crippen LogP contribution is -2.15. The SMILES string of the molecule is C=CCn1c(SCC(=O)Nc2sccc2C#N)nnc1C(C)Oc1cc(C)c(Cl)c(C)c1. The van der Waals surface area contributed by atoms with Crippen molar-refractivity contribution in [1.29, 1.82) is 5.26 Å². The second kappa shape index (κ2) is 10.7. The number of nitrogens with zero attached hydrogens (tertiary/aromatic N) is 4. The average molecular weight is 488 g/mol. The van der Waals surface area contributed by atoms with Gasteiger partial charge in [0.2, 0.25) is 5.91 Å². The molecule has 0 saturated heterocycles. The van der Waals surface area contributed by atoms with Crippen molar-refractivity contribution in [3.63, 3.8) is 0 Å². The Morgan fingerprint density at radius 2 is 2.16 bits per heavy atom. The summed E-state index contributed by atoms with van der Waals surface area (Å²) in [6, 6.07) is 7.51. The van der Waals surface area contributed by atoms with E-state index in [1.54, 1.807) is 17.5 Å². The zero-order valence-electron chi connectivity index (χ0n) is 17.9. The molecule has 2 heterocycles. The van der Waals surface area contributed by atoms with Gasteiger partial charge in [0.15, 0.2) is 17.1 Å². The first-order chi connectivity index (χ1) is 15.3. The Hall–Kier alpha value is -2.80. The lowest BCUT2D eigenvalue weighted by Gasteiger charge is -2.17. The van der Waals surface area contributed by atoms with Gasteiger partial charge in [-0.25, -0.2) is 0 Å². The van der Waals surface area contributed by atoms with Crippen LogP contribution < -0.4 is 10.1 Å². The number of halogens is 1. The Labute approximate surface area is 200 Å². The van der Waals surface area contributed by atoms with Gasteiger partial charge >= 0.3 is 0 Å². The molecule has 0 bridgehead atoms. The Morgan fingerprint density at radius 3 is 2.81 bits per heavy atom. The Balaban J connectivity index is 1.71. The predicted molar refractivity (Wildman–Crippen MR) is 129 cm³/mol. The fraction of sp³-hybridized carbons (Fsp3) is 0.273. The minimum atomic E-state index is -0.380. The quantitative estimate of drug-likeness (QED) is 0.314. The van der Waals surface area contributed by atoms with Crippen LogP contribution >= 0.6 is 34.7 Å². The van der Waals surface area contributed by atoms with E-state index in [1.165, 1.54) is 23.1 Å². The highest BCUT2D eigenvalue weighted by molar-refractivity contribution is 7.99. The van der Waals surface area contributed by atoms with Crippen LogP contribution in [0.5, 0.6) is 5.75 Å². The molecule has 0 aliphatic rings. The number of amides is 1. The first-order valence-electron chi connectivity index (χ1n) is 9.71. The third kappa shape index (κ3) is 5.51. The highest BCUT2D eigenvalue weighted by Gasteiger charge is 2.20. The maximum absolute atomic E-state index is 12.3. The predicted octanol–water partition coefficient (Wildman–Crippen LogP) is 5.54. The van der Waals surface area contributed by atoms with Gasteiger partial charge in [-0.2, -0.15) is 5.26 Å². The van der Waals surface area contributed by atoms with E-state index in [1.807, 2.05) is 37.5 Å². The molecule has 2 aromatic heterocycles. The summed E-state index contributed by atoms with van der Waals surface area (Å²) in [5.41, 5.74) is 2.33. The van der Waals surface area contributed by atoms with Crippen molar-refractivity contribution < 1.29 is 9.53 Å². The monoisotopic (exact) mass is 487 g/mol. The molecule has 1 N–H and O–H groups in total. The molecule has 10 heteroatoms. The molecule has 32 heavy (non-hydrogen) atoms. The van der Waals surface area contributed by atoms with Crippen LogP contribution in [0.1, 0.15) is 35.5 Å². The van der Waals surface area contributed by atoms with Crippen molar-refractivity contribution in [3.8, 4) is 11.8 Å². The van der Waals surface area contributed by atoms with Crippen molar-refractivity contribution in [2.75, 3.05) is 11.1 Å². The molecule has 3 rings (SSSR count). The molecule has 0 radical (unpaired) electrons. The molecule has 0 saturated carbocycles. The van der Waals surface area contributed by atoms with Crippen LogP contribution in [-0.2, 0) is 11.3 Å². The minimum absolute atomic E-state index is 0.128. The summed E-state index contributed by atoms with van der Waals surface area (Å²) in [6.07, 6.45) is 1.36. The van der Waals surface area contributed by atoms with Crippen LogP contribution in [-0.4, -0.2) is 26.4 Å². The van der Waals surface area contributed by atoms with Crippen LogP contribution in [0, 0.1) is 25.2 Å². The van der Waals surface area contributed by atoms with Gasteiger partial charge in [0, 0.05) is 11.6 Å². The zero-order chi connectivity index (χ0) is 23.3. The van der Waals surface area contributed by atoms with E-state index < -0.39 is 0 Å². The van der Waals surface area contributed by atoms with Gasteiger partial charge in [-0.15, -0.1) is 28.1 Å². The molecule has 166 valence electrons. The fourth-order valence-electron chi connectivity index (χ4n) is 3.03. The first-order valence-corrected chi connectivity index (χ1v) is 12.0. The van der Waals surface area contributed by atoms with Gasteiger partial charge in [-0.3, -0.25) is 9.36 Å². The number of carbonyl (C=O) groups excluding carboxylic acids is 1. The molecule has 1 amide bonds. The summed E-state index contributed by atoms with van der Waals surface area (Å²) in [5.74, 6) is 1.23. The summed E-state index contributed by atoms with van der Waals surface area (Å²) in [6.45, 7) is 10.0. The lowest BCUT2D eigenvalue weighted by atomic mass is 10.1. The van der Waals surface area contributed by atoms with Crippen LogP contribution in [0.25, 0.3) is 0 Å². The molecule has 0 aliphatic carbocycles. The molecule has 0 fully saturated rings. The van der Waals surface area contributed by atoms with Gasteiger partial charge in [-0.1, -0.05) is 29.4 Å². The van der Waals surface area contributed by atoms with E-state index in [9.17, 15) is 4.79 Å². The first kappa shape index (κ1) is 23.9. The number of aryl methyl sites for hydroxylation is 2. The second-order valence-corrected chi connectivity index (χ2v) is 9.22. The highest BCUT2D eigenvalue weighted by atomic mass is 35.5. The van der Waals surface area contributed by atoms with Crippen molar-refractivity contribution >= 4 is 45.6 Å². The fourth-order valence-corrected chi connectivity index (χ4v) is 4.64. The number of ether oxygens (including phenoxy) is 1. The summed E-state index contributed by atoms with van der Waals surface area (Å²) in [7, 11) is 0. The summed E-state index contributed by atoms with van der Waals surface area (Å²) in [5, 5.41) is 24.0. The number of thioether (sulfide) groups is 1. The number of thiophene rings is 1. The van der Waals surface area contributed by atoms with E-state index >= 15 is 0 Å². The van der Waals surface area contributed by atoms with Crippen LogP contribution in [0.2, 0.25) is 5.02 Å². The largest absolute Gasteiger partial charge is 0.483 e. The Kier molecular flexibility index (Phi) is 7.96. The summed E-state index contributed by atoms with van der Waals surface area (Å²) >= 11 is 8.82. The van der Waals surface area contributed by atoms with Gasteiger partial charge in [-0.05, 0) is 55.5 Å². The lowest BCUT2D eigenvalue weighted by molar-refractivity contribution is -0.113. The highest BCUT2D eigenvalue weighted by Crippen LogP contribution is 2.30. The number of nitriles is 1. The smallest absolute Gasteiger partial charge is 0.235 e. The number of hydrogen-bond acceptors (Lipinski definition) is 7. The standard InChI is InChI=1S/C22H22ClN5O2S2/c1-5-7-28-20(15(4)30-17-9-13(2)19(23)14(3)10-17)26-27-22(28)32-12-18(29)25-21-16(11-24)6-8-31-21/h5-6,8-10,15H,1,7,12H2,2-4H3,(H,25,29). The number of anilines is 1. The maximum atomic E-state index is 12.3. The van der Waals surface area contributed by atoms with Crippen molar-refractivity contribution in [3.05, 3.63) is 63.8 Å².